The normalized spacial score (nSPS) is 14.2. The number of nitrogens with zero attached hydrogens (tertiary/aromatic N) is 4. The number of nitrogens with two attached hydrogens (primary N) is 1. The summed E-state index contributed by atoms with van der Waals surface area (Å²) in [6.07, 6.45) is 1.30. The lowest BCUT2D eigenvalue weighted by Gasteiger charge is -2.32. The Hall–Kier alpha value is -3.31. The van der Waals surface area contributed by atoms with Crippen LogP contribution < -0.4 is 20.5 Å². The summed E-state index contributed by atoms with van der Waals surface area (Å²) >= 11 is 4.72. The molecule has 11 heteroatoms. The van der Waals surface area contributed by atoms with E-state index in [2.05, 4.69) is 20.2 Å². The van der Waals surface area contributed by atoms with E-state index in [0.717, 1.165) is 13.1 Å². The number of thiocarbonyl (C=S) groups is 1. The van der Waals surface area contributed by atoms with Crippen molar-refractivity contribution in [3.63, 3.8) is 0 Å². The van der Waals surface area contributed by atoms with Gasteiger partial charge in [0.25, 0.3) is 11.8 Å². The number of piperazine rings is 1. The minimum atomic E-state index is -0.514. The number of aromatic nitrogens is 2. The summed E-state index contributed by atoms with van der Waals surface area (Å²) in [4.78, 5) is 37.4. The third-order valence-corrected chi connectivity index (χ3v) is 4.72. The van der Waals surface area contributed by atoms with E-state index in [-0.39, 0.29) is 40.3 Å². The highest BCUT2D eigenvalue weighted by molar-refractivity contribution is 7.80. The Labute approximate surface area is 191 Å². The second-order valence-electron chi connectivity index (χ2n) is 7.60. The molecule has 0 spiro atoms. The summed E-state index contributed by atoms with van der Waals surface area (Å²) in [5, 5.41) is 2.21. The summed E-state index contributed by atoms with van der Waals surface area (Å²) < 4.78 is 11.3. The molecule has 1 aliphatic rings. The van der Waals surface area contributed by atoms with Crippen molar-refractivity contribution in [1.82, 2.24) is 25.1 Å². The molecule has 0 unspecified atom stereocenters. The van der Waals surface area contributed by atoms with Crippen molar-refractivity contribution in [2.45, 2.75) is 20.0 Å². The van der Waals surface area contributed by atoms with E-state index in [9.17, 15) is 9.59 Å². The lowest BCUT2D eigenvalue weighted by molar-refractivity contribution is 0.0663. The van der Waals surface area contributed by atoms with Crippen molar-refractivity contribution < 1.29 is 19.1 Å². The van der Waals surface area contributed by atoms with E-state index in [1.54, 1.807) is 17.0 Å². The van der Waals surface area contributed by atoms with Crippen molar-refractivity contribution in [1.29, 1.82) is 0 Å². The maximum atomic E-state index is 12.7. The molecule has 3 heterocycles. The summed E-state index contributed by atoms with van der Waals surface area (Å²) in [6.45, 7) is 6.70. The van der Waals surface area contributed by atoms with E-state index in [4.69, 9.17) is 27.4 Å². The highest BCUT2D eigenvalue weighted by Gasteiger charge is 2.21. The Balaban J connectivity index is 1.76. The number of nitrogens with one attached hydrogen (secondary N) is 1. The Kier molecular flexibility index (Phi) is 7.54. The molecule has 32 heavy (non-hydrogen) atoms. The topological polar surface area (TPSA) is 123 Å². The molecule has 170 valence electrons. The number of hydrogen-bond acceptors (Lipinski definition) is 8. The minimum Gasteiger partial charge on any atom is -0.475 e. The van der Waals surface area contributed by atoms with Gasteiger partial charge in [-0.05, 0) is 39.2 Å². The third kappa shape index (κ3) is 6.34. The Morgan fingerprint density at radius 1 is 1.09 bits per heavy atom. The van der Waals surface area contributed by atoms with Gasteiger partial charge in [-0.1, -0.05) is 0 Å². The zero-order valence-corrected chi connectivity index (χ0v) is 19.0. The number of pyridine rings is 2. The number of hydrogen-bond donors (Lipinski definition) is 2. The fraction of sp³-hybridized carbons (Fsp3) is 0.381. The average Bonchev–Trinajstić information content (AvgIpc) is 2.73. The largest absolute Gasteiger partial charge is 0.475 e. The maximum absolute atomic E-state index is 12.7. The van der Waals surface area contributed by atoms with Crippen LogP contribution >= 0.6 is 12.2 Å². The van der Waals surface area contributed by atoms with Gasteiger partial charge in [0.2, 0.25) is 17.6 Å². The van der Waals surface area contributed by atoms with E-state index < -0.39 is 5.91 Å². The Morgan fingerprint density at radius 2 is 1.78 bits per heavy atom. The van der Waals surface area contributed by atoms with Crippen LogP contribution in [-0.4, -0.2) is 76.0 Å². The average molecular weight is 459 g/mol. The van der Waals surface area contributed by atoms with Gasteiger partial charge in [-0.2, -0.15) is 4.98 Å². The zero-order chi connectivity index (χ0) is 23.3. The molecule has 0 atom stereocenters. The molecule has 10 nitrogen and oxygen atoms in total. The number of rotatable bonds is 6. The van der Waals surface area contributed by atoms with Crippen LogP contribution in [0.4, 0.5) is 0 Å². The van der Waals surface area contributed by atoms with Crippen molar-refractivity contribution in [3.8, 4) is 17.6 Å². The molecule has 0 aliphatic carbocycles. The number of amides is 2. The van der Waals surface area contributed by atoms with E-state index in [1.807, 2.05) is 20.9 Å². The van der Waals surface area contributed by atoms with Crippen molar-refractivity contribution >= 4 is 29.1 Å². The minimum absolute atomic E-state index is 0.0701. The molecule has 3 N–H and O–H groups in total. The second kappa shape index (κ2) is 10.3. The van der Waals surface area contributed by atoms with Crippen LogP contribution in [0, 0.1) is 0 Å². The van der Waals surface area contributed by atoms with E-state index >= 15 is 0 Å². The summed E-state index contributed by atoms with van der Waals surface area (Å²) in [6, 6.07) is 6.12. The van der Waals surface area contributed by atoms with Gasteiger partial charge in [-0.3, -0.25) is 14.9 Å². The molecule has 0 bridgehead atoms. The predicted octanol–water partition coefficient (Wildman–Crippen LogP) is 1.42. The molecule has 0 aromatic carbocycles. The van der Waals surface area contributed by atoms with Crippen LogP contribution in [0.3, 0.4) is 0 Å². The van der Waals surface area contributed by atoms with Gasteiger partial charge < -0.3 is 25.0 Å². The first-order chi connectivity index (χ1) is 15.2. The van der Waals surface area contributed by atoms with Crippen molar-refractivity contribution in [2.24, 2.45) is 5.73 Å². The fourth-order valence-electron chi connectivity index (χ4n) is 3.02. The summed E-state index contributed by atoms with van der Waals surface area (Å²) in [5.41, 5.74) is 6.07. The van der Waals surface area contributed by atoms with Crippen LogP contribution in [0.2, 0.25) is 0 Å². The molecule has 1 aliphatic heterocycles. The highest BCUT2D eigenvalue weighted by atomic mass is 32.1. The first kappa shape index (κ1) is 23.4. The van der Waals surface area contributed by atoms with Gasteiger partial charge >= 0.3 is 0 Å². The number of carbonyl (C=O) groups excluding carboxylic acids is 2. The van der Waals surface area contributed by atoms with E-state index in [0.29, 0.717) is 18.7 Å². The van der Waals surface area contributed by atoms with Gasteiger partial charge in [0, 0.05) is 50.6 Å². The summed E-state index contributed by atoms with van der Waals surface area (Å²) in [5.74, 6) is -0.0667. The quantitative estimate of drug-likeness (QED) is 0.619. The zero-order valence-electron chi connectivity index (χ0n) is 18.2. The molecule has 0 radical (unpaired) electrons. The molecule has 1 fully saturated rings. The van der Waals surface area contributed by atoms with E-state index in [1.165, 1.54) is 18.3 Å². The van der Waals surface area contributed by atoms with Crippen LogP contribution in [0.5, 0.6) is 17.6 Å². The van der Waals surface area contributed by atoms with Crippen molar-refractivity contribution in [2.75, 3.05) is 33.2 Å². The predicted molar refractivity (Wildman–Crippen MR) is 122 cm³/mol. The maximum Gasteiger partial charge on any atom is 0.257 e. The molecule has 2 aromatic rings. The second-order valence-corrected chi connectivity index (χ2v) is 8.04. The number of carbonyl (C=O) groups is 2. The Morgan fingerprint density at radius 3 is 2.38 bits per heavy atom. The SMILES string of the molecule is CC(C)Oc1cc(C(=O)NC(N)=S)cc(Oc2ccc(C(=O)N3CCN(C)CC3)cn2)n1. The monoisotopic (exact) mass is 458 g/mol. The van der Waals surface area contributed by atoms with Crippen LogP contribution in [0.25, 0.3) is 0 Å². The first-order valence-corrected chi connectivity index (χ1v) is 10.5. The standard InChI is InChI=1S/C21H26N6O4S/c1-13(2)30-17-10-15(19(28)25-21(22)32)11-18(24-17)31-16-5-4-14(12-23-16)20(29)27-8-6-26(3)7-9-27/h4-5,10-13H,6-9H2,1-3H3,(H3,22,25,28,32). The molecule has 2 aromatic heterocycles. The lowest BCUT2D eigenvalue weighted by Crippen LogP contribution is -2.47. The smallest absolute Gasteiger partial charge is 0.257 e. The van der Waals surface area contributed by atoms with Gasteiger partial charge in [0.05, 0.1) is 17.2 Å². The fourth-order valence-corrected chi connectivity index (χ4v) is 3.11. The molecule has 1 saturated heterocycles. The van der Waals surface area contributed by atoms with Crippen LogP contribution in [-0.2, 0) is 0 Å². The van der Waals surface area contributed by atoms with Gasteiger partial charge in [0.1, 0.15) is 0 Å². The molecular weight excluding hydrogens is 432 g/mol. The molecular formula is C21H26N6O4S. The molecule has 3 rings (SSSR count). The van der Waals surface area contributed by atoms with Crippen LogP contribution in [0.1, 0.15) is 34.6 Å². The van der Waals surface area contributed by atoms with Gasteiger partial charge in [0.15, 0.2) is 5.11 Å². The third-order valence-electron chi connectivity index (χ3n) is 4.62. The molecule has 2 amide bonds. The number of likely N-dealkylation sites (N-methyl/N-ethyl adjacent to an activating group) is 1. The number of ether oxygens (including phenoxy) is 2. The molecule has 0 saturated carbocycles. The van der Waals surface area contributed by atoms with Gasteiger partial charge in [-0.25, -0.2) is 4.98 Å². The highest BCUT2D eigenvalue weighted by Crippen LogP contribution is 2.24. The van der Waals surface area contributed by atoms with Crippen molar-refractivity contribution in [3.05, 3.63) is 41.6 Å². The van der Waals surface area contributed by atoms with Crippen LogP contribution in [0.15, 0.2) is 30.5 Å². The summed E-state index contributed by atoms with van der Waals surface area (Å²) in [7, 11) is 2.03. The van der Waals surface area contributed by atoms with Gasteiger partial charge in [-0.15, -0.1) is 0 Å². The first-order valence-electron chi connectivity index (χ1n) is 10.1. The lowest BCUT2D eigenvalue weighted by atomic mass is 10.2. The Bertz CT molecular complexity index is 990.